The van der Waals surface area contributed by atoms with Gasteiger partial charge >= 0.3 is 0 Å². The van der Waals surface area contributed by atoms with Crippen molar-refractivity contribution in [2.75, 3.05) is 7.11 Å². The minimum absolute atomic E-state index is 0.0191. The van der Waals surface area contributed by atoms with Crippen LogP contribution in [0.3, 0.4) is 0 Å². The van der Waals surface area contributed by atoms with E-state index in [1.165, 1.54) is 0 Å². The molecule has 16 heavy (non-hydrogen) atoms. The molecule has 0 atom stereocenters. The number of hydrogen-bond acceptors (Lipinski definition) is 3. The molecule has 4 nitrogen and oxygen atoms in total. The molecule has 2 aromatic rings. The van der Waals surface area contributed by atoms with E-state index in [1.54, 1.807) is 13.3 Å². The summed E-state index contributed by atoms with van der Waals surface area (Å²) in [7, 11) is 1.67. The molecule has 0 saturated heterocycles. The maximum Gasteiger partial charge on any atom is 0.137 e. The van der Waals surface area contributed by atoms with E-state index in [4.69, 9.17) is 9.84 Å². The molecule has 0 aliphatic rings. The number of ether oxygens (including phenoxy) is 1. The molecule has 0 saturated carbocycles. The van der Waals surface area contributed by atoms with Crippen LogP contribution in [0, 0.1) is 0 Å². The number of benzene rings is 1. The molecule has 1 heterocycles. The van der Waals surface area contributed by atoms with Crippen molar-refractivity contribution in [3.8, 4) is 11.4 Å². The lowest BCUT2D eigenvalue weighted by Gasteiger charge is -2.01. The SMILES string of the molecule is COCc1ccc(-c2ncc(CO)[nH]2)cc1. The van der Waals surface area contributed by atoms with Crippen molar-refractivity contribution in [2.24, 2.45) is 0 Å². The summed E-state index contributed by atoms with van der Waals surface area (Å²) in [6, 6.07) is 7.96. The first-order valence-corrected chi connectivity index (χ1v) is 5.06. The highest BCUT2D eigenvalue weighted by molar-refractivity contribution is 5.55. The first-order chi connectivity index (χ1) is 7.83. The molecule has 0 fully saturated rings. The molecule has 4 heteroatoms. The summed E-state index contributed by atoms with van der Waals surface area (Å²) in [5, 5.41) is 8.92. The van der Waals surface area contributed by atoms with Crippen LogP contribution in [0.2, 0.25) is 0 Å². The fourth-order valence-electron chi connectivity index (χ4n) is 1.51. The summed E-state index contributed by atoms with van der Waals surface area (Å²) in [5.74, 6) is 0.771. The van der Waals surface area contributed by atoms with Crippen molar-refractivity contribution in [1.82, 2.24) is 9.97 Å². The molecule has 1 aromatic carbocycles. The monoisotopic (exact) mass is 218 g/mol. The Hall–Kier alpha value is -1.65. The molecule has 0 amide bonds. The van der Waals surface area contributed by atoms with Crippen LogP contribution in [0.1, 0.15) is 11.3 Å². The second kappa shape index (κ2) is 4.92. The van der Waals surface area contributed by atoms with E-state index >= 15 is 0 Å². The molecule has 0 aliphatic carbocycles. The quantitative estimate of drug-likeness (QED) is 0.821. The van der Waals surface area contributed by atoms with Gasteiger partial charge in [0.05, 0.1) is 25.1 Å². The van der Waals surface area contributed by atoms with Crippen LogP contribution in [0.25, 0.3) is 11.4 Å². The normalized spacial score (nSPS) is 10.6. The third kappa shape index (κ3) is 2.29. The van der Waals surface area contributed by atoms with E-state index in [1.807, 2.05) is 24.3 Å². The van der Waals surface area contributed by atoms with Crippen molar-refractivity contribution < 1.29 is 9.84 Å². The van der Waals surface area contributed by atoms with Crippen LogP contribution >= 0.6 is 0 Å². The van der Waals surface area contributed by atoms with Crippen LogP contribution in [-0.4, -0.2) is 22.2 Å². The van der Waals surface area contributed by atoms with Crippen molar-refractivity contribution in [3.63, 3.8) is 0 Å². The van der Waals surface area contributed by atoms with E-state index in [9.17, 15) is 0 Å². The molecule has 0 bridgehead atoms. The summed E-state index contributed by atoms with van der Waals surface area (Å²) in [6.45, 7) is 0.592. The lowest BCUT2D eigenvalue weighted by atomic mass is 10.1. The molecule has 0 spiro atoms. The van der Waals surface area contributed by atoms with Gasteiger partial charge in [0, 0.05) is 12.7 Å². The zero-order chi connectivity index (χ0) is 11.4. The van der Waals surface area contributed by atoms with E-state index in [-0.39, 0.29) is 6.61 Å². The number of aliphatic hydroxyl groups excluding tert-OH is 1. The molecule has 0 unspecified atom stereocenters. The Morgan fingerprint density at radius 1 is 1.31 bits per heavy atom. The molecular weight excluding hydrogens is 204 g/mol. The average molecular weight is 218 g/mol. The zero-order valence-corrected chi connectivity index (χ0v) is 9.10. The lowest BCUT2D eigenvalue weighted by Crippen LogP contribution is -1.88. The van der Waals surface area contributed by atoms with E-state index < -0.39 is 0 Å². The lowest BCUT2D eigenvalue weighted by molar-refractivity contribution is 0.185. The van der Waals surface area contributed by atoms with Gasteiger partial charge in [-0.2, -0.15) is 0 Å². The van der Waals surface area contributed by atoms with Crippen LogP contribution < -0.4 is 0 Å². The summed E-state index contributed by atoms with van der Waals surface area (Å²) in [4.78, 5) is 7.22. The fourth-order valence-corrected chi connectivity index (χ4v) is 1.51. The van der Waals surface area contributed by atoms with E-state index in [0.717, 1.165) is 22.6 Å². The Labute approximate surface area is 93.9 Å². The topological polar surface area (TPSA) is 58.1 Å². The van der Waals surface area contributed by atoms with Crippen molar-refractivity contribution in [3.05, 3.63) is 41.7 Å². The number of aliphatic hydroxyl groups is 1. The molecular formula is C12H14N2O2. The second-order valence-electron chi connectivity index (χ2n) is 3.55. The highest BCUT2D eigenvalue weighted by Crippen LogP contribution is 2.16. The van der Waals surface area contributed by atoms with E-state index in [2.05, 4.69) is 9.97 Å². The molecule has 1 aromatic heterocycles. The standard InChI is InChI=1S/C12H14N2O2/c1-16-8-9-2-4-10(5-3-9)12-13-6-11(7-15)14-12/h2-6,15H,7-8H2,1H3,(H,13,14). The minimum atomic E-state index is -0.0191. The van der Waals surface area contributed by atoms with Gasteiger partial charge < -0.3 is 14.8 Å². The maximum atomic E-state index is 8.92. The number of hydrogen-bond donors (Lipinski definition) is 2. The number of imidazole rings is 1. The Kier molecular flexibility index (Phi) is 3.34. The maximum absolute atomic E-state index is 8.92. The first-order valence-electron chi connectivity index (χ1n) is 5.06. The van der Waals surface area contributed by atoms with Crippen LogP contribution in [0.4, 0.5) is 0 Å². The molecule has 2 N–H and O–H groups in total. The Balaban J connectivity index is 2.20. The van der Waals surface area contributed by atoms with Crippen molar-refractivity contribution in [2.45, 2.75) is 13.2 Å². The van der Waals surface area contributed by atoms with Gasteiger partial charge in [-0.05, 0) is 5.56 Å². The Bertz CT molecular complexity index is 448. The number of aromatic amines is 1. The third-order valence-corrected chi connectivity index (χ3v) is 2.34. The summed E-state index contributed by atoms with van der Waals surface area (Å²) in [6.07, 6.45) is 1.64. The summed E-state index contributed by atoms with van der Waals surface area (Å²) in [5.41, 5.74) is 2.84. The smallest absolute Gasteiger partial charge is 0.137 e. The molecule has 84 valence electrons. The average Bonchev–Trinajstić information content (AvgIpc) is 2.79. The van der Waals surface area contributed by atoms with E-state index in [0.29, 0.717) is 6.61 Å². The van der Waals surface area contributed by atoms with Gasteiger partial charge in [-0.15, -0.1) is 0 Å². The van der Waals surface area contributed by atoms with Gasteiger partial charge in [-0.25, -0.2) is 4.98 Å². The second-order valence-corrected chi connectivity index (χ2v) is 3.55. The van der Waals surface area contributed by atoms with Crippen LogP contribution in [0.5, 0.6) is 0 Å². The fraction of sp³-hybridized carbons (Fsp3) is 0.250. The Morgan fingerprint density at radius 2 is 2.06 bits per heavy atom. The highest BCUT2D eigenvalue weighted by Gasteiger charge is 2.02. The van der Waals surface area contributed by atoms with Gasteiger partial charge in [0.15, 0.2) is 0 Å². The molecule has 0 radical (unpaired) electrons. The third-order valence-electron chi connectivity index (χ3n) is 2.34. The first kappa shape index (κ1) is 10.9. The summed E-state index contributed by atoms with van der Waals surface area (Å²) >= 11 is 0. The molecule has 2 rings (SSSR count). The number of nitrogens with zero attached hydrogens (tertiary/aromatic N) is 1. The van der Waals surface area contributed by atoms with Gasteiger partial charge in [0.25, 0.3) is 0 Å². The number of rotatable bonds is 4. The number of nitrogens with one attached hydrogen (secondary N) is 1. The number of H-pyrrole nitrogens is 1. The summed E-state index contributed by atoms with van der Waals surface area (Å²) < 4.78 is 5.04. The van der Waals surface area contributed by atoms with Crippen LogP contribution in [0.15, 0.2) is 30.5 Å². The van der Waals surface area contributed by atoms with Gasteiger partial charge in [0.1, 0.15) is 5.82 Å². The van der Waals surface area contributed by atoms with Gasteiger partial charge in [-0.3, -0.25) is 0 Å². The predicted molar refractivity (Wildman–Crippen MR) is 60.7 cm³/mol. The van der Waals surface area contributed by atoms with Crippen molar-refractivity contribution in [1.29, 1.82) is 0 Å². The van der Waals surface area contributed by atoms with Crippen LogP contribution in [-0.2, 0) is 18.0 Å². The van der Waals surface area contributed by atoms with Gasteiger partial charge in [-0.1, -0.05) is 24.3 Å². The predicted octanol–water partition coefficient (Wildman–Crippen LogP) is 1.72. The minimum Gasteiger partial charge on any atom is -0.390 e. The Morgan fingerprint density at radius 3 is 2.62 bits per heavy atom. The number of aromatic nitrogens is 2. The highest BCUT2D eigenvalue weighted by atomic mass is 16.5. The largest absolute Gasteiger partial charge is 0.390 e. The molecule has 0 aliphatic heterocycles. The zero-order valence-electron chi connectivity index (χ0n) is 9.10. The van der Waals surface area contributed by atoms with Crippen molar-refractivity contribution >= 4 is 0 Å². The van der Waals surface area contributed by atoms with Gasteiger partial charge in [0.2, 0.25) is 0 Å². The number of methoxy groups -OCH3 is 1.